The quantitative estimate of drug-likeness (QED) is 0.239. The predicted octanol–water partition coefficient (Wildman–Crippen LogP) is 1.65. The summed E-state index contributed by atoms with van der Waals surface area (Å²) < 4.78 is 0. The Hall–Kier alpha value is -1.53. The van der Waals surface area contributed by atoms with Crippen molar-refractivity contribution in [3.63, 3.8) is 0 Å². The van der Waals surface area contributed by atoms with Gasteiger partial charge < -0.3 is 11.5 Å². The number of benzene rings is 1. The van der Waals surface area contributed by atoms with Crippen LogP contribution in [0.1, 0.15) is 11.6 Å². The van der Waals surface area contributed by atoms with Crippen LogP contribution in [0.5, 0.6) is 0 Å². The second-order valence-corrected chi connectivity index (χ2v) is 3.48. The molecule has 0 amide bonds. The number of hydrogen-bond donors (Lipinski definition) is 3. The van der Waals surface area contributed by atoms with Gasteiger partial charge >= 0.3 is 5.69 Å². The van der Waals surface area contributed by atoms with Crippen LogP contribution in [-0.4, -0.2) is 4.92 Å². The van der Waals surface area contributed by atoms with Crippen molar-refractivity contribution in [2.75, 3.05) is 5.73 Å². The van der Waals surface area contributed by atoms with E-state index in [0.717, 1.165) is 0 Å². The number of nitrogen functional groups attached to an aromatic ring is 1. The number of nitro groups is 1. The Morgan fingerprint density at radius 2 is 2.20 bits per heavy atom. The molecule has 0 aliphatic heterocycles. The van der Waals surface area contributed by atoms with E-state index in [9.17, 15) is 10.1 Å². The van der Waals surface area contributed by atoms with E-state index in [2.05, 4.69) is 19.2 Å². The second-order valence-electron chi connectivity index (χ2n) is 3.00. The number of nitrogens with two attached hydrogens (primary N) is 2. The van der Waals surface area contributed by atoms with Crippen molar-refractivity contribution in [1.82, 2.24) is 0 Å². The molecule has 80 valence electrons. The zero-order chi connectivity index (χ0) is 11.6. The van der Waals surface area contributed by atoms with E-state index >= 15 is 0 Å². The Kier molecular flexibility index (Phi) is 3.33. The van der Waals surface area contributed by atoms with Crippen LogP contribution in [0.25, 0.3) is 0 Å². The van der Waals surface area contributed by atoms with Crippen molar-refractivity contribution in [2.24, 2.45) is 5.73 Å². The summed E-state index contributed by atoms with van der Waals surface area (Å²) in [6, 6.07) is 2.58. The van der Waals surface area contributed by atoms with E-state index in [4.69, 9.17) is 11.5 Å². The summed E-state index contributed by atoms with van der Waals surface area (Å²) in [5, 5.41) is 10.6. The van der Waals surface area contributed by atoms with Gasteiger partial charge in [0.15, 0.2) is 0 Å². The van der Waals surface area contributed by atoms with Gasteiger partial charge in [0.05, 0.1) is 9.82 Å². The summed E-state index contributed by atoms with van der Waals surface area (Å²) in [5.41, 5.74) is 11.7. The van der Waals surface area contributed by atoms with Crippen molar-refractivity contribution >= 4 is 24.0 Å². The van der Waals surface area contributed by atoms with Crippen LogP contribution in [-0.2, 0) is 0 Å². The second kappa shape index (κ2) is 4.33. The lowest BCUT2D eigenvalue weighted by Gasteiger charge is -2.09. The van der Waals surface area contributed by atoms with Crippen LogP contribution in [0.15, 0.2) is 29.7 Å². The Morgan fingerprint density at radius 3 is 2.60 bits per heavy atom. The highest BCUT2D eigenvalue weighted by atomic mass is 32.1. The molecule has 0 heterocycles. The molecule has 5 nitrogen and oxygen atoms in total. The zero-order valence-corrected chi connectivity index (χ0v) is 8.78. The van der Waals surface area contributed by atoms with Gasteiger partial charge in [-0.05, 0) is 17.7 Å². The van der Waals surface area contributed by atoms with Crippen LogP contribution >= 0.6 is 12.6 Å². The van der Waals surface area contributed by atoms with Crippen molar-refractivity contribution in [2.45, 2.75) is 10.9 Å². The zero-order valence-electron chi connectivity index (χ0n) is 7.88. The topological polar surface area (TPSA) is 95.2 Å². The first-order valence-electron chi connectivity index (χ1n) is 4.12. The van der Waals surface area contributed by atoms with Gasteiger partial charge in [-0.25, -0.2) is 0 Å². The summed E-state index contributed by atoms with van der Waals surface area (Å²) in [6.07, 6.45) is 1.52. The molecule has 15 heavy (non-hydrogen) atoms. The van der Waals surface area contributed by atoms with Gasteiger partial charge in [-0.3, -0.25) is 10.1 Å². The summed E-state index contributed by atoms with van der Waals surface area (Å²) in [4.78, 5) is 10.3. The minimum atomic E-state index is -0.569. The molecule has 1 aromatic carbocycles. The first kappa shape index (κ1) is 11.5. The summed E-state index contributed by atoms with van der Waals surface area (Å²) in [7, 11) is 0. The molecule has 0 saturated carbocycles. The third-order valence-corrected chi connectivity index (χ3v) is 2.30. The molecule has 0 radical (unpaired) electrons. The number of hydrogen-bond acceptors (Lipinski definition) is 5. The maximum atomic E-state index is 10.6. The van der Waals surface area contributed by atoms with E-state index in [1.54, 1.807) is 0 Å². The minimum Gasteiger partial charge on any atom is -0.393 e. The van der Waals surface area contributed by atoms with Crippen LogP contribution in [0.4, 0.5) is 11.4 Å². The van der Waals surface area contributed by atoms with Gasteiger partial charge in [-0.1, -0.05) is 6.08 Å². The first-order valence-corrected chi connectivity index (χ1v) is 4.57. The summed E-state index contributed by atoms with van der Waals surface area (Å²) >= 11 is 4.00. The van der Waals surface area contributed by atoms with Crippen molar-refractivity contribution in [1.29, 1.82) is 0 Å². The van der Waals surface area contributed by atoms with Gasteiger partial charge in [-0.15, -0.1) is 19.2 Å². The van der Waals surface area contributed by atoms with Crippen LogP contribution < -0.4 is 11.5 Å². The molecule has 0 aliphatic rings. The number of nitro benzene ring substituents is 1. The third kappa shape index (κ3) is 2.28. The molecule has 1 aromatic rings. The van der Waals surface area contributed by atoms with Gasteiger partial charge in [0.2, 0.25) is 0 Å². The van der Waals surface area contributed by atoms with Crippen molar-refractivity contribution in [3.8, 4) is 0 Å². The lowest BCUT2D eigenvalue weighted by molar-refractivity contribution is -0.386. The maximum absolute atomic E-state index is 10.6. The average Bonchev–Trinajstić information content (AvgIpc) is 2.14. The molecule has 0 fully saturated rings. The molecule has 0 aliphatic carbocycles. The number of anilines is 1. The van der Waals surface area contributed by atoms with Crippen molar-refractivity contribution < 1.29 is 4.92 Å². The molecule has 1 unspecified atom stereocenters. The molecule has 1 atom stereocenters. The summed E-state index contributed by atoms with van der Waals surface area (Å²) in [5.74, 6) is 0. The molecule has 1 rings (SSSR count). The molecule has 0 spiro atoms. The van der Waals surface area contributed by atoms with E-state index in [1.807, 2.05) is 0 Å². The van der Waals surface area contributed by atoms with Crippen LogP contribution in [0.3, 0.4) is 0 Å². The van der Waals surface area contributed by atoms with Gasteiger partial charge in [0.1, 0.15) is 5.69 Å². The smallest absolute Gasteiger partial charge is 0.305 e. The van der Waals surface area contributed by atoms with Crippen LogP contribution in [0, 0.1) is 10.1 Å². The summed E-state index contributed by atoms with van der Waals surface area (Å²) in [6.45, 7) is 3.53. The van der Waals surface area contributed by atoms with Crippen LogP contribution in [0.2, 0.25) is 0 Å². The third-order valence-electron chi connectivity index (χ3n) is 1.96. The fraction of sp³-hybridized carbons (Fsp3) is 0.111. The SMILES string of the molecule is C=CC(N)c1cc(N)c([N+](=O)[O-])c(S)c1. The highest BCUT2D eigenvalue weighted by molar-refractivity contribution is 7.80. The van der Waals surface area contributed by atoms with E-state index in [-0.39, 0.29) is 16.3 Å². The number of nitrogens with zero attached hydrogens (tertiary/aromatic N) is 1. The fourth-order valence-electron chi connectivity index (χ4n) is 1.19. The highest BCUT2D eigenvalue weighted by Crippen LogP contribution is 2.32. The Morgan fingerprint density at radius 1 is 1.60 bits per heavy atom. The van der Waals surface area contributed by atoms with E-state index in [1.165, 1.54) is 18.2 Å². The van der Waals surface area contributed by atoms with Crippen molar-refractivity contribution in [3.05, 3.63) is 40.5 Å². The molecular formula is C9H11N3O2S. The normalized spacial score (nSPS) is 12.1. The first-order chi connectivity index (χ1) is 6.97. The molecule has 0 aromatic heterocycles. The molecular weight excluding hydrogens is 214 g/mol. The lowest BCUT2D eigenvalue weighted by atomic mass is 10.1. The molecule has 6 heteroatoms. The highest BCUT2D eigenvalue weighted by Gasteiger charge is 2.18. The molecule has 0 saturated heterocycles. The monoisotopic (exact) mass is 225 g/mol. The Bertz CT molecular complexity index is 397. The molecule has 4 N–H and O–H groups in total. The van der Waals surface area contributed by atoms with E-state index in [0.29, 0.717) is 5.56 Å². The van der Waals surface area contributed by atoms with E-state index < -0.39 is 11.0 Å². The largest absolute Gasteiger partial charge is 0.393 e. The van der Waals surface area contributed by atoms with Gasteiger partial charge in [-0.2, -0.15) is 0 Å². The average molecular weight is 225 g/mol. The fourth-order valence-corrected chi connectivity index (χ4v) is 1.55. The predicted molar refractivity (Wildman–Crippen MR) is 61.9 cm³/mol. The number of thiol groups is 1. The minimum absolute atomic E-state index is 0.0554. The Balaban J connectivity index is 3.31. The Labute approximate surface area is 92.3 Å². The number of rotatable bonds is 3. The lowest BCUT2D eigenvalue weighted by Crippen LogP contribution is -2.08. The van der Waals surface area contributed by atoms with Gasteiger partial charge in [0.25, 0.3) is 0 Å². The maximum Gasteiger partial charge on any atom is 0.305 e. The van der Waals surface area contributed by atoms with Gasteiger partial charge in [0, 0.05) is 6.04 Å². The standard InChI is InChI=1S/C9H11N3O2S/c1-2-6(10)5-3-7(11)9(12(13)14)8(15)4-5/h2-4,6,15H,1,10-11H2. The molecule has 0 bridgehead atoms.